The zero-order valence-electron chi connectivity index (χ0n) is 27.5. The van der Waals surface area contributed by atoms with Gasteiger partial charge in [-0.1, -0.05) is 67.0 Å². The van der Waals surface area contributed by atoms with E-state index in [-0.39, 0.29) is 70.5 Å². The predicted octanol–water partition coefficient (Wildman–Crippen LogP) is 1.73. The number of ether oxygens (including phenoxy) is 1. The molecule has 0 atom stereocenters. The number of aliphatic hydroxyl groups is 1. The van der Waals surface area contributed by atoms with Crippen LogP contribution in [-0.2, 0) is 17.6 Å². The van der Waals surface area contributed by atoms with E-state index in [9.17, 15) is 23.5 Å². The zero-order chi connectivity index (χ0) is 32.3. The molecular formula is C33H37F2KN6O5. The number of benzene rings is 2. The van der Waals surface area contributed by atoms with Gasteiger partial charge in [-0.05, 0) is 48.8 Å². The van der Waals surface area contributed by atoms with Crippen LogP contribution < -0.4 is 62.7 Å². The molecule has 0 saturated heterocycles. The Labute approximate surface area is 313 Å². The fourth-order valence-corrected chi connectivity index (χ4v) is 6.23. The van der Waals surface area contributed by atoms with Gasteiger partial charge in [0.25, 0.3) is 5.56 Å². The normalized spacial score (nSPS) is 16.8. The van der Waals surface area contributed by atoms with Crippen molar-refractivity contribution in [2.75, 3.05) is 20.0 Å². The van der Waals surface area contributed by atoms with E-state index in [2.05, 4.69) is 27.1 Å². The molecule has 1 saturated carbocycles. The Bertz CT molecular complexity index is 1920. The molecule has 0 amide bonds. The number of fused-ring (bicyclic) bond motifs is 1. The summed E-state index contributed by atoms with van der Waals surface area (Å²) in [6.07, 6.45) is 5.42. The SMILES string of the molecule is CCCc1c(Cc2ccc(-c3ccccc3-c3noc(=O)[nH]3)cc2)c(=O)n(C2CCC(OCC(O)(CF)CF)CC2)c2ncnn12.[H-].[K+]. The molecule has 1 aliphatic rings. The van der Waals surface area contributed by atoms with Crippen molar-refractivity contribution in [1.29, 1.82) is 0 Å². The van der Waals surface area contributed by atoms with Crippen molar-refractivity contribution in [3.8, 4) is 22.5 Å². The maximum atomic E-state index is 14.3. The Kier molecular flexibility index (Phi) is 11.7. The van der Waals surface area contributed by atoms with Crippen LogP contribution in [0.15, 0.2) is 69.0 Å². The van der Waals surface area contributed by atoms with E-state index in [0.29, 0.717) is 55.7 Å². The largest absolute Gasteiger partial charge is 1.00 e. The van der Waals surface area contributed by atoms with Gasteiger partial charge in [-0.25, -0.2) is 18.1 Å². The number of halogens is 2. The third kappa shape index (κ3) is 7.58. The Morgan fingerprint density at radius 2 is 1.77 bits per heavy atom. The second kappa shape index (κ2) is 15.6. The van der Waals surface area contributed by atoms with E-state index in [1.807, 2.05) is 48.5 Å². The molecule has 14 heteroatoms. The van der Waals surface area contributed by atoms with Gasteiger partial charge in [-0.15, -0.1) is 0 Å². The van der Waals surface area contributed by atoms with Gasteiger partial charge >= 0.3 is 57.1 Å². The topological polar surface area (TPSA) is 141 Å². The van der Waals surface area contributed by atoms with E-state index in [4.69, 9.17) is 9.26 Å². The van der Waals surface area contributed by atoms with Gasteiger partial charge in [0.1, 0.15) is 25.3 Å². The first-order chi connectivity index (χ1) is 22.3. The zero-order valence-corrected chi connectivity index (χ0v) is 29.6. The molecule has 0 bridgehead atoms. The fraction of sp³-hybridized carbons (Fsp3) is 0.424. The van der Waals surface area contributed by atoms with Crippen molar-refractivity contribution < 1.29 is 76.0 Å². The molecule has 47 heavy (non-hydrogen) atoms. The molecule has 11 nitrogen and oxygen atoms in total. The summed E-state index contributed by atoms with van der Waals surface area (Å²) in [5.74, 6) is 0.209. The van der Waals surface area contributed by atoms with Gasteiger partial charge in [-0.3, -0.25) is 18.9 Å². The molecule has 3 heterocycles. The maximum absolute atomic E-state index is 14.3. The molecule has 0 spiro atoms. The molecular weight excluding hydrogens is 637 g/mol. The van der Waals surface area contributed by atoms with Gasteiger partial charge in [0.05, 0.1) is 18.4 Å². The van der Waals surface area contributed by atoms with Crippen LogP contribution in [0.3, 0.4) is 0 Å². The smallest absolute Gasteiger partial charge is 1.00 e. The number of alkyl halides is 2. The quantitative estimate of drug-likeness (QED) is 0.191. The minimum Gasteiger partial charge on any atom is -1.00 e. The van der Waals surface area contributed by atoms with E-state index in [1.165, 1.54) is 6.33 Å². The molecule has 0 aliphatic heterocycles. The van der Waals surface area contributed by atoms with E-state index >= 15 is 0 Å². The van der Waals surface area contributed by atoms with Crippen LogP contribution in [0.5, 0.6) is 0 Å². The molecule has 2 aromatic carbocycles. The summed E-state index contributed by atoms with van der Waals surface area (Å²) in [5, 5.41) is 18.3. The number of aromatic amines is 1. The van der Waals surface area contributed by atoms with Crippen molar-refractivity contribution in [2.24, 2.45) is 0 Å². The van der Waals surface area contributed by atoms with Crippen LogP contribution >= 0.6 is 0 Å². The molecule has 1 fully saturated rings. The number of aromatic nitrogens is 6. The minimum atomic E-state index is -2.12. The van der Waals surface area contributed by atoms with Crippen molar-refractivity contribution in [3.63, 3.8) is 0 Å². The Morgan fingerprint density at radius 3 is 2.40 bits per heavy atom. The molecule has 6 rings (SSSR count). The first-order valence-electron chi connectivity index (χ1n) is 15.5. The third-order valence-corrected chi connectivity index (χ3v) is 8.68. The average molecular weight is 675 g/mol. The summed E-state index contributed by atoms with van der Waals surface area (Å²) in [4.78, 5) is 32.9. The molecule has 0 unspecified atom stereocenters. The summed E-state index contributed by atoms with van der Waals surface area (Å²) < 4.78 is 40.0. The summed E-state index contributed by atoms with van der Waals surface area (Å²) in [6, 6.07) is 15.3. The van der Waals surface area contributed by atoms with E-state index in [0.717, 1.165) is 34.4 Å². The number of nitrogens with zero attached hydrogens (tertiary/aromatic N) is 5. The number of aryl methyl sites for hydroxylation is 1. The molecule has 3 aromatic heterocycles. The van der Waals surface area contributed by atoms with Crippen LogP contribution in [0.25, 0.3) is 28.3 Å². The fourth-order valence-electron chi connectivity index (χ4n) is 6.23. The first kappa shape index (κ1) is 35.5. The summed E-state index contributed by atoms with van der Waals surface area (Å²) in [7, 11) is 0. The van der Waals surface area contributed by atoms with Crippen LogP contribution in [0.2, 0.25) is 0 Å². The monoisotopic (exact) mass is 674 g/mol. The predicted molar refractivity (Wildman–Crippen MR) is 167 cm³/mol. The van der Waals surface area contributed by atoms with E-state index < -0.39 is 31.3 Å². The molecule has 2 N–H and O–H groups in total. The van der Waals surface area contributed by atoms with E-state index in [1.54, 1.807) is 9.08 Å². The maximum Gasteiger partial charge on any atom is 1.00 e. The summed E-state index contributed by atoms with van der Waals surface area (Å²) in [5.41, 5.74) is 2.71. The van der Waals surface area contributed by atoms with Crippen molar-refractivity contribution >= 4 is 5.78 Å². The standard InChI is InChI=1S/C33H36F2N6O5.K.H/c1-2-5-28-27(16-21-8-10-22(11-9-21)25-6-3-4-7-26(25)29-38-32(43)46-39-29)30(42)40(31-36-20-37-41(28)31)23-12-14-24(15-13-23)45-19-33(44,17-34)18-35;;/h3-4,6-11,20,23-24,44H,2,5,12-19H2,1H3,(H,38,39,43);;/q;+1;-1. The second-order valence-electron chi connectivity index (χ2n) is 11.9. The van der Waals surface area contributed by atoms with Gasteiger partial charge in [-0.2, -0.15) is 10.1 Å². The number of rotatable bonds is 12. The van der Waals surface area contributed by atoms with Crippen LogP contribution in [0, 0.1) is 0 Å². The number of nitrogens with one attached hydrogen (secondary N) is 1. The average Bonchev–Trinajstić information content (AvgIpc) is 3.75. The third-order valence-electron chi connectivity index (χ3n) is 8.68. The van der Waals surface area contributed by atoms with Gasteiger partial charge in [0.15, 0.2) is 5.82 Å². The number of hydrogen-bond acceptors (Lipinski definition) is 8. The second-order valence-corrected chi connectivity index (χ2v) is 11.9. The molecule has 5 aromatic rings. The van der Waals surface area contributed by atoms with Gasteiger partial charge in [0.2, 0.25) is 5.78 Å². The summed E-state index contributed by atoms with van der Waals surface area (Å²) >= 11 is 0. The number of H-pyrrole nitrogens is 1. The van der Waals surface area contributed by atoms with Crippen molar-refractivity contribution in [3.05, 3.63) is 92.6 Å². The Hall–Kier alpha value is -2.85. The van der Waals surface area contributed by atoms with Crippen LogP contribution in [-0.4, -0.2) is 66.1 Å². The van der Waals surface area contributed by atoms with Gasteiger partial charge in [0, 0.05) is 23.6 Å². The van der Waals surface area contributed by atoms with Gasteiger partial charge < -0.3 is 11.3 Å². The van der Waals surface area contributed by atoms with Crippen LogP contribution in [0.4, 0.5) is 8.78 Å². The van der Waals surface area contributed by atoms with Crippen molar-refractivity contribution in [2.45, 2.75) is 69.6 Å². The molecule has 0 radical (unpaired) electrons. The Balaban J connectivity index is 0.00000260. The molecule has 244 valence electrons. The Morgan fingerprint density at radius 1 is 1.06 bits per heavy atom. The molecule has 1 aliphatic carbocycles. The first-order valence-corrected chi connectivity index (χ1v) is 15.5. The van der Waals surface area contributed by atoms with Crippen LogP contribution in [0.1, 0.15) is 63.3 Å². The number of hydrogen-bond donors (Lipinski definition) is 2. The van der Waals surface area contributed by atoms with Crippen molar-refractivity contribution in [1.82, 2.24) is 29.3 Å². The minimum absolute atomic E-state index is 0. The summed E-state index contributed by atoms with van der Waals surface area (Å²) in [6.45, 7) is -0.788.